The molecule has 0 bridgehead atoms. The second-order valence-corrected chi connectivity index (χ2v) is 6.75. The van der Waals surface area contributed by atoms with Crippen LogP contribution in [0.4, 0.5) is 5.82 Å². The molecule has 2 aromatic rings. The van der Waals surface area contributed by atoms with Gasteiger partial charge in [-0.15, -0.1) is 24.8 Å². The summed E-state index contributed by atoms with van der Waals surface area (Å²) >= 11 is 0. The van der Waals surface area contributed by atoms with Gasteiger partial charge in [0.05, 0.1) is 12.6 Å². The van der Waals surface area contributed by atoms with E-state index in [9.17, 15) is 10.1 Å². The van der Waals surface area contributed by atoms with Crippen molar-refractivity contribution < 1.29 is 4.79 Å². The molecule has 1 saturated heterocycles. The molecule has 2 atom stereocenters. The molecule has 0 radical (unpaired) electrons. The zero-order valence-corrected chi connectivity index (χ0v) is 17.8. The minimum Gasteiger partial charge on any atom is -0.325 e. The number of nitriles is 1. The Hall–Kier alpha value is -2.07. The van der Waals surface area contributed by atoms with Gasteiger partial charge in [-0.25, -0.2) is 9.99 Å². The van der Waals surface area contributed by atoms with Crippen LogP contribution >= 0.6 is 24.8 Å². The molecule has 2 heterocycles. The highest BCUT2D eigenvalue weighted by molar-refractivity contribution is 5.91. The fourth-order valence-electron chi connectivity index (χ4n) is 3.31. The van der Waals surface area contributed by atoms with Crippen LogP contribution in [0.5, 0.6) is 0 Å². The number of hydrogen-bond donors (Lipinski definition) is 1. The molecular weight excluding hydrogens is 397 g/mol. The highest BCUT2D eigenvalue weighted by atomic mass is 35.5. The molecule has 1 aromatic carbocycles. The van der Waals surface area contributed by atoms with E-state index in [1.54, 1.807) is 11.1 Å². The van der Waals surface area contributed by atoms with Gasteiger partial charge in [0, 0.05) is 24.2 Å². The van der Waals surface area contributed by atoms with Crippen LogP contribution in [0.15, 0.2) is 36.5 Å². The quantitative estimate of drug-likeness (QED) is 0.710. The summed E-state index contributed by atoms with van der Waals surface area (Å²) in [5, 5.41) is 13.3. The summed E-state index contributed by atoms with van der Waals surface area (Å²) in [7, 11) is 0. The maximum atomic E-state index is 12.8. The maximum absolute atomic E-state index is 12.8. The zero-order valence-electron chi connectivity index (χ0n) is 16.2. The summed E-state index contributed by atoms with van der Waals surface area (Å²) in [6.07, 6.45) is 4.33. The molecular formula is C20H27Cl2N5O. The number of nitrogens with zero attached hydrogens (tertiary/aromatic N) is 4. The topological polar surface area (TPSA) is 72.3 Å². The predicted molar refractivity (Wildman–Crippen MR) is 117 cm³/mol. The molecule has 1 amide bonds. The first-order valence-corrected chi connectivity index (χ1v) is 9.20. The third kappa shape index (κ3) is 5.26. The van der Waals surface area contributed by atoms with E-state index in [1.807, 2.05) is 35.3 Å². The number of pyridine rings is 1. The second-order valence-electron chi connectivity index (χ2n) is 6.75. The van der Waals surface area contributed by atoms with Gasteiger partial charge >= 0.3 is 0 Å². The molecule has 1 aliphatic heterocycles. The number of hydrogen-bond acceptors (Lipinski definition) is 5. The summed E-state index contributed by atoms with van der Waals surface area (Å²) in [6.45, 7) is 5.06. The second kappa shape index (κ2) is 11.1. The van der Waals surface area contributed by atoms with Crippen molar-refractivity contribution in [3.8, 4) is 6.07 Å². The van der Waals surface area contributed by atoms with Gasteiger partial charge in [-0.2, -0.15) is 5.26 Å². The number of fused-ring (bicyclic) bond motifs is 1. The van der Waals surface area contributed by atoms with Gasteiger partial charge < -0.3 is 10.3 Å². The van der Waals surface area contributed by atoms with E-state index in [-0.39, 0.29) is 49.3 Å². The smallest absolute Gasteiger partial charge is 0.239 e. The number of carbonyl (C=O) groups excluding carboxylic acids is 1. The molecule has 8 heteroatoms. The van der Waals surface area contributed by atoms with Gasteiger partial charge in [0.25, 0.3) is 0 Å². The Morgan fingerprint density at radius 1 is 1.39 bits per heavy atom. The Balaban J connectivity index is 0.00000196. The summed E-state index contributed by atoms with van der Waals surface area (Å²) in [5.41, 5.74) is 3.35. The Morgan fingerprint density at radius 2 is 2.14 bits per heavy atom. The van der Waals surface area contributed by atoms with Crippen LogP contribution in [-0.2, 0) is 4.79 Å². The van der Waals surface area contributed by atoms with E-state index in [2.05, 4.69) is 30.3 Å². The van der Waals surface area contributed by atoms with Gasteiger partial charge in [0.1, 0.15) is 11.9 Å². The lowest BCUT2D eigenvalue weighted by atomic mass is 10.1. The molecule has 152 valence electrons. The maximum Gasteiger partial charge on any atom is 0.239 e. The monoisotopic (exact) mass is 423 g/mol. The minimum absolute atomic E-state index is 0. The molecule has 6 nitrogen and oxygen atoms in total. The molecule has 1 aliphatic rings. The van der Waals surface area contributed by atoms with Crippen LogP contribution in [0.2, 0.25) is 0 Å². The summed E-state index contributed by atoms with van der Waals surface area (Å²) < 4.78 is 0. The largest absolute Gasteiger partial charge is 0.325 e. The number of nitrogens with one attached hydrogen (secondary N) is 1. The molecule has 3 rings (SSSR count). The number of anilines is 1. The van der Waals surface area contributed by atoms with Crippen LogP contribution in [0.25, 0.3) is 10.8 Å². The van der Waals surface area contributed by atoms with Crippen molar-refractivity contribution in [2.24, 2.45) is 0 Å². The molecule has 1 aromatic heterocycles. The van der Waals surface area contributed by atoms with Crippen LogP contribution in [0.1, 0.15) is 33.1 Å². The lowest BCUT2D eigenvalue weighted by Gasteiger charge is -2.31. The molecule has 0 spiro atoms. The van der Waals surface area contributed by atoms with Crippen molar-refractivity contribution in [3.63, 3.8) is 0 Å². The van der Waals surface area contributed by atoms with Crippen LogP contribution in [0, 0.1) is 11.3 Å². The van der Waals surface area contributed by atoms with E-state index in [4.69, 9.17) is 0 Å². The first-order chi connectivity index (χ1) is 12.6. The van der Waals surface area contributed by atoms with Gasteiger partial charge in [0.15, 0.2) is 0 Å². The minimum atomic E-state index is -0.294. The summed E-state index contributed by atoms with van der Waals surface area (Å²) in [4.78, 5) is 18.9. The van der Waals surface area contributed by atoms with Gasteiger partial charge in [-0.3, -0.25) is 4.79 Å². The Labute approximate surface area is 178 Å². The Kier molecular flexibility index (Phi) is 9.47. The van der Waals surface area contributed by atoms with Crippen molar-refractivity contribution in [2.45, 2.75) is 45.2 Å². The number of benzene rings is 1. The number of hydrazine groups is 1. The summed E-state index contributed by atoms with van der Waals surface area (Å²) in [5.74, 6) is 0.733. The Bertz CT molecular complexity index is 820. The molecule has 0 aliphatic carbocycles. The molecule has 1 N–H and O–H groups in total. The number of halogens is 2. The lowest BCUT2D eigenvalue weighted by molar-refractivity contribution is -0.132. The zero-order chi connectivity index (χ0) is 18.5. The number of carbonyl (C=O) groups is 1. The van der Waals surface area contributed by atoms with Gasteiger partial charge in [-0.1, -0.05) is 31.2 Å². The van der Waals surface area contributed by atoms with Crippen molar-refractivity contribution in [2.75, 3.05) is 18.5 Å². The van der Waals surface area contributed by atoms with Gasteiger partial charge in [0.2, 0.25) is 5.91 Å². The van der Waals surface area contributed by atoms with Crippen molar-refractivity contribution in [1.82, 2.24) is 14.9 Å². The van der Waals surface area contributed by atoms with Crippen molar-refractivity contribution in [1.29, 1.82) is 5.26 Å². The molecule has 1 fully saturated rings. The van der Waals surface area contributed by atoms with Crippen molar-refractivity contribution in [3.05, 3.63) is 36.5 Å². The molecule has 1 unspecified atom stereocenters. The summed E-state index contributed by atoms with van der Waals surface area (Å²) in [6, 6.07) is 12.1. The van der Waals surface area contributed by atoms with Crippen LogP contribution in [0.3, 0.4) is 0 Å². The number of likely N-dealkylation sites (tertiary alicyclic amines) is 1. The third-order valence-corrected chi connectivity index (χ3v) is 5.07. The number of rotatable bonds is 6. The third-order valence-electron chi connectivity index (χ3n) is 5.07. The average Bonchev–Trinajstić information content (AvgIpc) is 3.16. The molecule has 0 saturated carbocycles. The van der Waals surface area contributed by atoms with E-state index in [1.165, 1.54) is 0 Å². The fraction of sp³-hybridized carbons (Fsp3) is 0.450. The highest BCUT2D eigenvalue weighted by Gasteiger charge is 2.30. The predicted octanol–water partition coefficient (Wildman–Crippen LogP) is 4.02. The van der Waals surface area contributed by atoms with E-state index >= 15 is 0 Å². The lowest BCUT2D eigenvalue weighted by Crippen LogP contribution is -2.47. The Morgan fingerprint density at radius 3 is 2.86 bits per heavy atom. The van der Waals surface area contributed by atoms with E-state index in [0.717, 1.165) is 35.9 Å². The fourth-order valence-corrected chi connectivity index (χ4v) is 3.31. The highest BCUT2D eigenvalue weighted by Crippen LogP contribution is 2.22. The normalized spacial score (nSPS) is 16.8. The van der Waals surface area contributed by atoms with E-state index < -0.39 is 0 Å². The number of amides is 1. The van der Waals surface area contributed by atoms with Gasteiger partial charge in [-0.05, 0) is 37.6 Å². The number of aromatic nitrogens is 1. The van der Waals surface area contributed by atoms with E-state index in [0.29, 0.717) is 6.54 Å². The van der Waals surface area contributed by atoms with Crippen molar-refractivity contribution >= 4 is 47.3 Å². The standard InChI is InChI=1S/C20H25N5O.2ClH/c1-3-15(2)25(14-19(26)24-12-6-8-17(24)13-21)23-20-18-9-5-4-7-16(18)10-11-22-20;;/h4-5,7,9-11,15,17H,3,6,8,12,14H2,1-2H3,(H,22,23);2*1H/t15-,17?;;/m0../s1. The first kappa shape index (κ1) is 24.0. The SMILES string of the molecule is CC[C@H](C)N(CC(=O)N1CCCC1C#N)Nc1nccc2ccccc12.Cl.Cl. The average molecular weight is 424 g/mol. The first-order valence-electron chi connectivity index (χ1n) is 9.20. The van der Waals surface area contributed by atoms with Crippen LogP contribution < -0.4 is 5.43 Å². The van der Waals surface area contributed by atoms with Crippen LogP contribution in [-0.4, -0.2) is 46.0 Å². The molecule has 28 heavy (non-hydrogen) atoms.